The van der Waals surface area contributed by atoms with Crippen molar-refractivity contribution in [2.75, 3.05) is 0 Å². The van der Waals surface area contributed by atoms with E-state index in [0.717, 1.165) is 35.0 Å². The standard InChI is InChI=1S/C14H15N3OS/c1-8-2-3-11-9(5-13(18)16-8)4-10-6-14(19)15-7-12(10)17-11/h4,6-8H,2-3,5H2,1H3,(H,15,19)(H,16,18). The summed E-state index contributed by atoms with van der Waals surface area (Å²) >= 11 is 5.12. The van der Waals surface area contributed by atoms with E-state index in [1.807, 2.05) is 25.3 Å². The van der Waals surface area contributed by atoms with Crippen LogP contribution in [0.4, 0.5) is 0 Å². The third-order valence-electron chi connectivity index (χ3n) is 3.46. The van der Waals surface area contributed by atoms with Crippen molar-refractivity contribution in [1.29, 1.82) is 0 Å². The van der Waals surface area contributed by atoms with Gasteiger partial charge >= 0.3 is 0 Å². The molecule has 4 nitrogen and oxygen atoms in total. The van der Waals surface area contributed by atoms with Crippen LogP contribution in [0.15, 0.2) is 18.3 Å². The molecule has 5 heteroatoms. The predicted octanol–water partition coefficient (Wildman–Crippen LogP) is 2.29. The molecule has 3 rings (SSSR count). The van der Waals surface area contributed by atoms with Crippen molar-refractivity contribution in [1.82, 2.24) is 15.3 Å². The van der Waals surface area contributed by atoms with Gasteiger partial charge < -0.3 is 10.3 Å². The van der Waals surface area contributed by atoms with Gasteiger partial charge in [0, 0.05) is 23.3 Å². The van der Waals surface area contributed by atoms with E-state index in [2.05, 4.69) is 15.3 Å². The van der Waals surface area contributed by atoms with Gasteiger partial charge in [0.15, 0.2) is 0 Å². The van der Waals surface area contributed by atoms with Crippen LogP contribution >= 0.6 is 12.2 Å². The minimum absolute atomic E-state index is 0.0655. The molecule has 1 atom stereocenters. The van der Waals surface area contributed by atoms with E-state index in [0.29, 0.717) is 11.1 Å². The van der Waals surface area contributed by atoms with Gasteiger partial charge in [-0.2, -0.15) is 0 Å². The Balaban J connectivity index is 2.14. The van der Waals surface area contributed by atoms with Gasteiger partial charge in [0.05, 0.1) is 11.9 Å². The maximum absolute atomic E-state index is 11.8. The van der Waals surface area contributed by atoms with Gasteiger partial charge in [-0.05, 0) is 37.5 Å². The lowest BCUT2D eigenvalue weighted by atomic mass is 9.99. The third-order valence-corrected chi connectivity index (χ3v) is 3.70. The highest BCUT2D eigenvalue weighted by Crippen LogP contribution is 2.20. The number of rotatable bonds is 0. The Morgan fingerprint density at radius 1 is 1.42 bits per heavy atom. The van der Waals surface area contributed by atoms with Crippen LogP contribution in [-0.2, 0) is 17.6 Å². The Morgan fingerprint density at radius 3 is 3.11 bits per heavy atom. The number of nitrogens with one attached hydrogen (secondary N) is 2. The number of hydrogen-bond acceptors (Lipinski definition) is 3. The number of amides is 1. The molecule has 98 valence electrons. The minimum atomic E-state index is 0.0655. The summed E-state index contributed by atoms with van der Waals surface area (Å²) in [6, 6.07) is 4.13. The van der Waals surface area contributed by atoms with Crippen LogP contribution in [0.3, 0.4) is 0 Å². The lowest BCUT2D eigenvalue weighted by Crippen LogP contribution is -2.36. The highest BCUT2D eigenvalue weighted by atomic mass is 32.1. The molecule has 0 aromatic carbocycles. The van der Waals surface area contributed by atoms with Crippen LogP contribution < -0.4 is 5.32 Å². The Labute approximate surface area is 116 Å². The first-order chi connectivity index (χ1) is 9.11. The first kappa shape index (κ1) is 12.3. The molecule has 0 saturated carbocycles. The highest BCUT2D eigenvalue weighted by Gasteiger charge is 2.17. The number of pyridine rings is 2. The molecule has 1 aliphatic heterocycles. The average molecular weight is 273 g/mol. The SMILES string of the molecule is CC1CCc2nc3c[nH]c(=S)cc3cc2CC(=O)N1. The highest BCUT2D eigenvalue weighted by molar-refractivity contribution is 7.71. The zero-order valence-electron chi connectivity index (χ0n) is 10.7. The second-order valence-corrected chi connectivity index (χ2v) is 5.49. The van der Waals surface area contributed by atoms with Crippen LogP contribution in [-0.4, -0.2) is 21.9 Å². The largest absolute Gasteiger partial charge is 0.353 e. The number of fused-ring (bicyclic) bond motifs is 2. The zero-order chi connectivity index (χ0) is 13.4. The lowest BCUT2D eigenvalue weighted by Gasteiger charge is -2.19. The molecule has 2 N–H and O–H groups in total. The van der Waals surface area contributed by atoms with Crippen LogP contribution in [0.25, 0.3) is 10.9 Å². The van der Waals surface area contributed by atoms with E-state index in [9.17, 15) is 4.79 Å². The van der Waals surface area contributed by atoms with Gasteiger partial charge in [0.2, 0.25) is 5.91 Å². The van der Waals surface area contributed by atoms with Crippen LogP contribution in [0.2, 0.25) is 0 Å². The molecule has 0 saturated heterocycles. The first-order valence-electron chi connectivity index (χ1n) is 6.42. The number of H-pyrrole nitrogens is 1. The Hall–Kier alpha value is -1.75. The van der Waals surface area contributed by atoms with E-state index in [1.54, 1.807) is 0 Å². The van der Waals surface area contributed by atoms with E-state index < -0.39 is 0 Å². The molecule has 0 aliphatic carbocycles. The summed E-state index contributed by atoms with van der Waals surface area (Å²) in [4.78, 5) is 19.5. The number of aryl methyl sites for hydroxylation is 1. The van der Waals surface area contributed by atoms with Crippen molar-refractivity contribution in [2.45, 2.75) is 32.2 Å². The molecule has 0 radical (unpaired) electrons. The average Bonchev–Trinajstić information content (AvgIpc) is 2.34. The Kier molecular flexibility index (Phi) is 3.06. The lowest BCUT2D eigenvalue weighted by molar-refractivity contribution is -0.121. The molecule has 0 spiro atoms. The molecule has 2 aromatic heterocycles. The van der Waals surface area contributed by atoms with Crippen LogP contribution in [0.5, 0.6) is 0 Å². The number of hydrogen-bond donors (Lipinski definition) is 2. The van der Waals surface area contributed by atoms with E-state index in [1.165, 1.54) is 0 Å². The molecule has 0 fully saturated rings. The molecule has 1 unspecified atom stereocenters. The fourth-order valence-electron chi connectivity index (χ4n) is 2.47. The normalized spacial score (nSPS) is 19.4. The molecular weight excluding hydrogens is 258 g/mol. The molecule has 19 heavy (non-hydrogen) atoms. The van der Waals surface area contributed by atoms with E-state index >= 15 is 0 Å². The van der Waals surface area contributed by atoms with Gasteiger partial charge in [0.25, 0.3) is 0 Å². The maximum Gasteiger partial charge on any atom is 0.224 e. The van der Waals surface area contributed by atoms with Crippen molar-refractivity contribution in [3.63, 3.8) is 0 Å². The van der Waals surface area contributed by atoms with Gasteiger partial charge in [-0.25, -0.2) is 0 Å². The topological polar surface area (TPSA) is 57.8 Å². The predicted molar refractivity (Wildman–Crippen MR) is 76.6 cm³/mol. The smallest absolute Gasteiger partial charge is 0.224 e. The monoisotopic (exact) mass is 273 g/mol. The summed E-state index contributed by atoms with van der Waals surface area (Å²) in [5.74, 6) is 0.0655. The Bertz CT molecular complexity index is 707. The molecular formula is C14H15N3OS. The summed E-state index contributed by atoms with van der Waals surface area (Å²) in [6.45, 7) is 2.03. The van der Waals surface area contributed by atoms with E-state index in [4.69, 9.17) is 12.2 Å². The number of carbonyl (C=O) groups excluding carboxylic acids is 1. The number of nitrogens with zero attached hydrogens (tertiary/aromatic N) is 1. The van der Waals surface area contributed by atoms with Gasteiger partial charge in [-0.3, -0.25) is 9.78 Å². The number of carbonyl (C=O) groups is 1. The number of aromatic amines is 1. The maximum atomic E-state index is 11.8. The summed E-state index contributed by atoms with van der Waals surface area (Å²) in [5.41, 5.74) is 2.94. The van der Waals surface area contributed by atoms with Gasteiger partial charge in [-0.15, -0.1) is 0 Å². The molecule has 1 aliphatic rings. The third kappa shape index (κ3) is 2.51. The van der Waals surface area contributed by atoms with Crippen molar-refractivity contribution in [3.05, 3.63) is 34.2 Å². The van der Waals surface area contributed by atoms with Crippen molar-refractivity contribution < 1.29 is 4.79 Å². The van der Waals surface area contributed by atoms with Crippen molar-refractivity contribution in [2.24, 2.45) is 0 Å². The summed E-state index contributed by atoms with van der Waals surface area (Å²) < 4.78 is 0.679. The Morgan fingerprint density at radius 2 is 2.26 bits per heavy atom. The zero-order valence-corrected chi connectivity index (χ0v) is 11.5. The molecule has 1 amide bonds. The van der Waals surface area contributed by atoms with Crippen molar-refractivity contribution in [3.8, 4) is 0 Å². The van der Waals surface area contributed by atoms with Gasteiger partial charge in [-0.1, -0.05) is 12.2 Å². The van der Waals surface area contributed by atoms with Crippen LogP contribution in [0, 0.1) is 4.64 Å². The van der Waals surface area contributed by atoms with Crippen molar-refractivity contribution >= 4 is 29.0 Å². The fourth-order valence-corrected chi connectivity index (χ4v) is 2.66. The van der Waals surface area contributed by atoms with Gasteiger partial charge in [0.1, 0.15) is 4.64 Å². The quantitative estimate of drug-likeness (QED) is 0.724. The minimum Gasteiger partial charge on any atom is -0.353 e. The van der Waals surface area contributed by atoms with Crippen LogP contribution in [0.1, 0.15) is 24.6 Å². The summed E-state index contributed by atoms with van der Waals surface area (Å²) in [7, 11) is 0. The summed E-state index contributed by atoms with van der Waals surface area (Å²) in [6.07, 6.45) is 4.04. The molecule has 3 heterocycles. The second kappa shape index (κ2) is 4.74. The van der Waals surface area contributed by atoms with E-state index in [-0.39, 0.29) is 11.9 Å². The fraction of sp³-hybridized carbons (Fsp3) is 0.357. The number of aromatic nitrogens is 2. The first-order valence-corrected chi connectivity index (χ1v) is 6.83. The molecule has 0 bridgehead atoms. The molecule has 2 aromatic rings. The second-order valence-electron chi connectivity index (χ2n) is 5.05. The summed E-state index contributed by atoms with van der Waals surface area (Å²) in [5, 5.41) is 3.98.